The van der Waals surface area contributed by atoms with Crippen LogP contribution in [0.15, 0.2) is 0 Å². The summed E-state index contributed by atoms with van der Waals surface area (Å²) in [5.41, 5.74) is 0. The van der Waals surface area contributed by atoms with Gasteiger partial charge in [0.2, 0.25) is 0 Å². The fourth-order valence-electron chi connectivity index (χ4n) is 0.174. The van der Waals surface area contributed by atoms with E-state index in [1.54, 1.807) is 0 Å². The molecule has 0 radical (unpaired) electrons. The Kier molecular flexibility index (Phi) is 15.6. The fourth-order valence-corrected chi connectivity index (χ4v) is 0.174. The van der Waals surface area contributed by atoms with Crippen LogP contribution in [0.2, 0.25) is 0 Å². The number of carboxylic acids is 1. The largest absolute Gasteiger partial charge is 0.473 e. The first kappa shape index (κ1) is 18.2. The van der Waals surface area contributed by atoms with Crippen molar-refractivity contribution in [2.24, 2.45) is 0 Å². The Balaban J connectivity index is -0.000000320. The number of ether oxygens (including phenoxy) is 1. The van der Waals surface area contributed by atoms with Gasteiger partial charge in [-0.3, -0.25) is 4.79 Å². The summed E-state index contributed by atoms with van der Waals surface area (Å²) in [4.78, 5) is 29.4. The number of hydrogen-bond donors (Lipinski definition) is 1. The van der Waals surface area contributed by atoms with Crippen LogP contribution < -0.4 is 0 Å². The first-order chi connectivity index (χ1) is 4.04. The molecule has 0 bridgehead atoms. The Bertz CT molecular complexity index is 166. The molecule has 0 heterocycles. The van der Waals surface area contributed by atoms with Crippen LogP contribution in [-0.2, 0) is 19.1 Å². The van der Waals surface area contributed by atoms with E-state index in [4.69, 9.17) is 5.11 Å². The molecule has 0 unspecified atom stereocenters. The molecule has 1 N–H and O–H groups in total. The van der Waals surface area contributed by atoms with Gasteiger partial charge in [0.1, 0.15) is 0 Å². The molecule has 0 aromatic heterocycles. The average molecular weight is 412 g/mol. The van der Waals surface area contributed by atoms with Gasteiger partial charge in [-0.05, 0) is 0 Å². The zero-order chi connectivity index (χ0) is 7.44. The van der Waals surface area contributed by atoms with E-state index in [0.717, 1.165) is 6.92 Å². The van der Waals surface area contributed by atoms with E-state index in [2.05, 4.69) is 4.74 Å². The van der Waals surface area contributed by atoms with Crippen LogP contribution in [0, 0.1) is 83.5 Å². The second-order valence-electron chi connectivity index (χ2n) is 1.19. The van der Waals surface area contributed by atoms with E-state index >= 15 is 0 Å². The molecule has 0 atom stereocenters. The van der Waals surface area contributed by atoms with Crippen LogP contribution in [0.5, 0.6) is 0 Å². The molecule has 0 amide bonds. The third kappa shape index (κ3) is 11.4. The molecule has 0 aliphatic rings. The Hall–Kier alpha value is 1.36. The molecular weight excluding hydrogens is 408 g/mol. The minimum absolute atomic E-state index is 0. The van der Waals surface area contributed by atoms with Crippen LogP contribution in [0.25, 0.3) is 0 Å². The summed E-state index contributed by atoms with van der Waals surface area (Å²) < 4.78 is 3.63. The summed E-state index contributed by atoms with van der Waals surface area (Å²) in [6, 6.07) is 0. The fraction of sp³-hybridized carbons (Fsp3) is 0.250. The van der Waals surface area contributed by atoms with Crippen molar-refractivity contribution < 1.29 is 108 Å². The maximum absolute atomic E-state index is 9.91. The number of aliphatic carboxylic acids is 1. The molecule has 58 valence electrons. The number of rotatable bonds is 0. The smallest absolute Gasteiger partial charge is 0.424 e. The zero-order valence-corrected chi connectivity index (χ0v) is 11.9. The Morgan fingerprint density at radius 1 is 1.18 bits per heavy atom. The Morgan fingerprint density at radius 3 is 1.64 bits per heavy atom. The van der Waals surface area contributed by atoms with E-state index < -0.39 is 17.9 Å². The van der Waals surface area contributed by atoms with Gasteiger partial charge in [-0.1, -0.05) is 0 Å². The van der Waals surface area contributed by atoms with Crippen molar-refractivity contribution in [2.45, 2.75) is 6.92 Å². The maximum atomic E-state index is 9.91. The van der Waals surface area contributed by atoms with Gasteiger partial charge in [0.15, 0.2) is 0 Å². The molecule has 0 aliphatic carbocycles. The van der Waals surface area contributed by atoms with Crippen molar-refractivity contribution in [2.75, 3.05) is 0 Å². The van der Waals surface area contributed by atoms with E-state index in [1.807, 2.05) is 0 Å². The van der Waals surface area contributed by atoms with Crippen LogP contribution in [0.4, 0.5) is 0 Å². The van der Waals surface area contributed by atoms with Gasteiger partial charge in [0.05, 0.1) is 0 Å². The van der Waals surface area contributed by atoms with Crippen LogP contribution in [0.1, 0.15) is 6.92 Å². The molecule has 0 spiro atoms. The molecule has 0 saturated carbocycles. The summed E-state index contributed by atoms with van der Waals surface area (Å²) in [6.07, 6.45) is 0. The molecule has 0 aromatic rings. The van der Waals surface area contributed by atoms with Crippen LogP contribution >= 0.6 is 0 Å². The third-order valence-electron chi connectivity index (χ3n) is 0.411. The number of esters is 2. The molecule has 0 saturated heterocycles. The molecule has 11 heavy (non-hydrogen) atoms. The average Bonchev–Trinajstić information content (AvgIpc) is 1.63. The summed E-state index contributed by atoms with van der Waals surface area (Å²) in [7, 11) is 0. The van der Waals surface area contributed by atoms with Crippen molar-refractivity contribution >= 4 is 17.9 Å². The molecule has 0 aromatic carbocycles. The van der Waals surface area contributed by atoms with Gasteiger partial charge < -0.3 is 9.84 Å². The first-order valence-electron chi connectivity index (χ1n) is 1.99. The van der Waals surface area contributed by atoms with E-state index in [0.29, 0.717) is 0 Å². The molecule has 7 heteroatoms. The first-order valence-corrected chi connectivity index (χ1v) is 1.99. The monoisotopic (exact) mass is 412 g/mol. The van der Waals surface area contributed by atoms with Gasteiger partial charge in [0.25, 0.3) is 0 Å². The second-order valence-corrected chi connectivity index (χ2v) is 1.19. The summed E-state index contributed by atoms with van der Waals surface area (Å²) >= 11 is 0. The second kappa shape index (κ2) is 9.45. The topological polar surface area (TPSA) is 80.7 Å². The van der Waals surface area contributed by atoms with Gasteiger partial charge in [0, 0.05) is 90.4 Å². The molecule has 0 rings (SSSR count). The standard InChI is InChI=1S/C4H4O5.2Ce/c1-2(5)9-4(8)3(6)7;;/h1H3,(H,6,7);;. The third-order valence-corrected chi connectivity index (χ3v) is 0.411. The van der Waals surface area contributed by atoms with Crippen molar-refractivity contribution in [1.82, 2.24) is 0 Å². The Morgan fingerprint density at radius 2 is 1.55 bits per heavy atom. The number of carboxylic acid groups (broad SMARTS) is 1. The molecular formula is C4H4Ce2O5. The number of carbonyl (C=O) groups excluding carboxylic acids is 2. The summed E-state index contributed by atoms with van der Waals surface area (Å²) in [5.74, 6) is -4.25. The van der Waals surface area contributed by atoms with Crippen molar-refractivity contribution in [3.05, 3.63) is 0 Å². The number of carbonyl (C=O) groups is 3. The summed E-state index contributed by atoms with van der Waals surface area (Å²) in [5, 5.41) is 7.80. The van der Waals surface area contributed by atoms with E-state index in [1.165, 1.54) is 0 Å². The number of hydrogen-bond acceptors (Lipinski definition) is 4. The molecule has 5 nitrogen and oxygen atoms in total. The quantitative estimate of drug-likeness (QED) is 0.319. The van der Waals surface area contributed by atoms with Gasteiger partial charge in [-0.25, -0.2) is 9.59 Å². The normalized spacial score (nSPS) is 6.64. The maximum Gasteiger partial charge on any atom is 0.424 e. The molecule has 0 fully saturated rings. The molecule has 0 aliphatic heterocycles. The van der Waals surface area contributed by atoms with Gasteiger partial charge in [-0.15, -0.1) is 0 Å². The minimum atomic E-state index is -1.77. The van der Waals surface area contributed by atoms with Gasteiger partial charge in [-0.2, -0.15) is 0 Å². The van der Waals surface area contributed by atoms with Gasteiger partial charge >= 0.3 is 17.9 Å². The predicted molar refractivity (Wildman–Crippen MR) is 24.4 cm³/mol. The van der Waals surface area contributed by atoms with Crippen LogP contribution in [-0.4, -0.2) is 23.0 Å². The summed E-state index contributed by atoms with van der Waals surface area (Å²) in [6.45, 7) is 0.945. The van der Waals surface area contributed by atoms with Crippen LogP contribution in [0.3, 0.4) is 0 Å². The SMILES string of the molecule is CC(=O)OC(=O)C(=O)O.[Ce].[Ce]. The van der Waals surface area contributed by atoms with Crippen molar-refractivity contribution in [1.29, 1.82) is 0 Å². The predicted octanol–water partition coefficient (Wildman–Crippen LogP) is -0.839. The van der Waals surface area contributed by atoms with Crippen molar-refractivity contribution in [3.63, 3.8) is 0 Å². The zero-order valence-electron chi connectivity index (χ0n) is 5.58. The Labute approximate surface area is 130 Å². The van der Waals surface area contributed by atoms with E-state index in [-0.39, 0.29) is 83.5 Å². The van der Waals surface area contributed by atoms with Crippen molar-refractivity contribution in [3.8, 4) is 0 Å². The van der Waals surface area contributed by atoms with E-state index in [9.17, 15) is 14.4 Å². The minimum Gasteiger partial charge on any atom is -0.473 e.